The molecule has 0 aromatic carbocycles. The molecule has 0 aliphatic carbocycles. The molecule has 1 amide bonds. The lowest BCUT2D eigenvalue weighted by Gasteiger charge is -2.15. The van der Waals surface area contributed by atoms with Gasteiger partial charge in [0, 0.05) is 18.0 Å². The first-order chi connectivity index (χ1) is 8.11. The van der Waals surface area contributed by atoms with Gasteiger partial charge in [0.1, 0.15) is 0 Å². The van der Waals surface area contributed by atoms with Crippen molar-refractivity contribution in [2.24, 2.45) is 5.92 Å². The smallest absolute Gasteiger partial charge is 0.263 e. The highest BCUT2D eigenvalue weighted by atomic mass is 35.5. The Morgan fingerprint density at radius 1 is 1.56 bits per heavy atom. The lowest BCUT2D eigenvalue weighted by atomic mass is 10.1. The summed E-state index contributed by atoms with van der Waals surface area (Å²) in [7, 11) is 1.97. The van der Waals surface area contributed by atoms with Gasteiger partial charge in [0.15, 0.2) is 0 Å². The molecule has 102 valence electrons. The molecule has 1 fully saturated rings. The largest absolute Gasteiger partial charge is 0.338 e. The summed E-state index contributed by atoms with van der Waals surface area (Å²) in [5, 5.41) is 3.19. The zero-order chi connectivity index (χ0) is 12.4. The molecule has 0 spiro atoms. The molecule has 1 aromatic heterocycles. The van der Waals surface area contributed by atoms with Crippen molar-refractivity contribution in [1.29, 1.82) is 0 Å². The lowest BCUT2D eigenvalue weighted by molar-refractivity contribution is 0.0792. The summed E-state index contributed by atoms with van der Waals surface area (Å²) in [6, 6.07) is 2.02. The van der Waals surface area contributed by atoms with Crippen LogP contribution in [0.3, 0.4) is 0 Å². The highest BCUT2D eigenvalue weighted by Crippen LogP contribution is 2.24. The van der Waals surface area contributed by atoms with Gasteiger partial charge in [-0.25, -0.2) is 0 Å². The van der Waals surface area contributed by atoms with Crippen LogP contribution in [0.1, 0.15) is 26.5 Å². The van der Waals surface area contributed by atoms with Gasteiger partial charge in [-0.3, -0.25) is 4.79 Å². The van der Waals surface area contributed by atoms with E-state index in [4.69, 9.17) is 0 Å². The minimum absolute atomic E-state index is 0. The van der Waals surface area contributed by atoms with E-state index >= 15 is 0 Å². The first-order valence-electron chi connectivity index (χ1n) is 6.12. The van der Waals surface area contributed by atoms with Gasteiger partial charge in [0.25, 0.3) is 5.91 Å². The third-order valence-electron chi connectivity index (χ3n) is 3.44. The van der Waals surface area contributed by atoms with E-state index < -0.39 is 0 Å². The van der Waals surface area contributed by atoms with Crippen LogP contribution in [0.4, 0.5) is 0 Å². The molecule has 2 heterocycles. The van der Waals surface area contributed by atoms with E-state index in [0.717, 1.165) is 30.9 Å². The fourth-order valence-electron chi connectivity index (χ4n) is 2.31. The van der Waals surface area contributed by atoms with Crippen LogP contribution in [0.15, 0.2) is 6.07 Å². The molecule has 0 saturated carbocycles. The number of carbonyl (C=O) groups excluding carboxylic acids is 1. The average Bonchev–Trinajstić information content (AvgIpc) is 2.87. The fourth-order valence-corrected chi connectivity index (χ4v) is 3.31. The molecular weight excluding hydrogens is 268 g/mol. The molecule has 1 aliphatic rings. The van der Waals surface area contributed by atoms with Crippen LogP contribution < -0.4 is 5.32 Å². The van der Waals surface area contributed by atoms with Crippen LogP contribution in [-0.2, 0) is 0 Å². The van der Waals surface area contributed by atoms with Crippen molar-refractivity contribution in [3.8, 4) is 0 Å². The Morgan fingerprint density at radius 3 is 2.83 bits per heavy atom. The molecule has 1 N–H and O–H groups in total. The van der Waals surface area contributed by atoms with E-state index in [0.29, 0.717) is 5.92 Å². The Bertz CT molecular complexity index is 400. The second-order valence-electron chi connectivity index (χ2n) is 4.81. The van der Waals surface area contributed by atoms with Crippen molar-refractivity contribution in [1.82, 2.24) is 10.2 Å². The summed E-state index contributed by atoms with van der Waals surface area (Å²) in [6.07, 6.45) is 1.12. The molecule has 0 bridgehead atoms. The molecule has 1 aromatic rings. The summed E-state index contributed by atoms with van der Waals surface area (Å²) >= 11 is 1.62. The number of rotatable bonds is 3. The average molecular weight is 289 g/mol. The van der Waals surface area contributed by atoms with Crippen molar-refractivity contribution in [3.63, 3.8) is 0 Å². The van der Waals surface area contributed by atoms with Gasteiger partial charge < -0.3 is 10.2 Å². The number of aryl methyl sites for hydroxylation is 2. The predicted octanol–water partition coefficient (Wildman–Crippen LogP) is 2.47. The topological polar surface area (TPSA) is 32.3 Å². The maximum Gasteiger partial charge on any atom is 0.263 e. The number of hydrogen-bond acceptors (Lipinski definition) is 3. The van der Waals surface area contributed by atoms with E-state index in [2.05, 4.69) is 19.2 Å². The molecule has 3 nitrogen and oxygen atoms in total. The van der Waals surface area contributed by atoms with Crippen molar-refractivity contribution in [2.75, 3.05) is 26.7 Å². The molecule has 2 rings (SSSR count). The Labute approximate surface area is 119 Å². The number of thiophene rings is 1. The van der Waals surface area contributed by atoms with E-state index in [1.807, 2.05) is 18.0 Å². The van der Waals surface area contributed by atoms with Crippen molar-refractivity contribution < 1.29 is 4.79 Å². The number of nitrogens with one attached hydrogen (secondary N) is 1. The van der Waals surface area contributed by atoms with Crippen LogP contribution in [0, 0.1) is 19.8 Å². The van der Waals surface area contributed by atoms with Crippen LogP contribution >= 0.6 is 23.7 Å². The number of halogens is 1. The number of carbonyl (C=O) groups is 1. The molecule has 1 atom stereocenters. The van der Waals surface area contributed by atoms with Crippen molar-refractivity contribution in [3.05, 3.63) is 21.4 Å². The Morgan fingerprint density at radius 2 is 2.28 bits per heavy atom. The summed E-state index contributed by atoms with van der Waals surface area (Å²) in [5.74, 6) is 0.830. The van der Waals surface area contributed by atoms with Gasteiger partial charge in [-0.2, -0.15) is 0 Å². The number of hydrogen-bond donors (Lipinski definition) is 1. The van der Waals surface area contributed by atoms with E-state index in [9.17, 15) is 4.79 Å². The van der Waals surface area contributed by atoms with E-state index in [-0.39, 0.29) is 18.3 Å². The normalized spacial score (nSPS) is 18.8. The van der Waals surface area contributed by atoms with Gasteiger partial charge in [-0.1, -0.05) is 0 Å². The second kappa shape index (κ2) is 6.55. The van der Waals surface area contributed by atoms with E-state index in [1.165, 1.54) is 10.4 Å². The monoisotopic (exact) mass is 288 g/mol. The Balaban J connectivity index is 0.00000162. The molecule has 1 aliphatic heterocycles. The minimum Gasteiger partial charge on any atom is -0.338 e. The standard InChI is InChI=1S/C13H20N2OS.ClH/c1-9-6-12(17-10(9)2)13(16)15-5-4-11(8-15)7-14-3;/h6,11,14H,4-5,7-8H2,1-3H3;1H. The zero-order valence-electron chi connectivity index (χ0n) is 11.2. The van der Waals surface area contributed by atoms with Gasteiger partial charge in [-0.15, -0.1) is 23.7 Å². The third-order valence-corrected chi connectivity index (χ3v) is 4.58. The SMILES string of the molecule is CNCC1CCN(C(=O)c2cc(C)c(C)s2)C1.Cl. The molecule has 5 heteroatoms. The molecule has 18 heavy (non-hydrogen) atoms. The highest BCUT2D eigenvalue weighted by Gasteiger charge is 2.27. The minimum atomic E-state index is 0. The summed E-state index contributed by atoms with van der Waals surface area (Å²) in [6.45, 7) is 6.95. The zero-order valence-corrected chi connectivity index (χ0v) is 12.8. The fraction of sp³-hybridized carbons (Fsp3) is 0.615. The molecule has 1 unspecified atom stereocenters. The number of amides is 1. The van der Waals surface area contributed by atoms with Gasteiger partial charge >= 0.3 is 0 Å². The molecule has 1 saturated heterocycles. The quantitative estimate of drug-likeness (QED) is 0.927. The first kappa shape index (κ1) is 15.5. The molecule has 0 radical (unpaired) electrons. The maximum atomic E-state index is 12.3. The number of likely N-dealkylation sites (tertiary alicyclic amines) is 1. The van der Waals surface area contributed by atoms with E-state index in [1.54, 1.807) is 11.3 Å². The van der Waals surface area contributed by atoms with Gasteiger partial charge in [-0.05, 0) is 51.4 Å². The lowest BCUT2D eigenvalue weighted by Crippen LogP contribution is -2.29. The summed E-state index contributed by atoms with van der Waals surface area (Å²) in [5.41, 5.74) is 1.23. The number of nitrogens with zero attached hydrogens (tertiary/aromatic N) is 1. The van der Waals surface area contributed by atoms with Gasteiger partial charge in [0.2, 0.25) is 0 Å². The summed E-state index contributed by atoms with van der Waals surface area (Å²) < 4.78 is 0. The molecular formula is C13H21ClN2OS. The van der Waals surface area contributed by atoms with Crippen LogP contribution in [0.5, 0.6) is 0 Å². The highest BCUT2D eigenvalue weighted by molar-refractivity contribution is 7.14. The third kappa shape index (κ3) is 3.25. The second-order valence-corrected chi connectivity index (χ2v) is 6.07. The van der Waals surface area contributed by atoms with Crippen molar-refractivity contribution in [2.45, 2.75) is 20.3 Å². The Hall–Kier alpha value is -0.580. The van der Waals surface area contributed by atoms with Crippen LogP contribution in [-0.4, -0.2) is 37.5 Å². The predicted molar refractivity (Wildman–Crippen MR) is 79.0 cm³/mol. The van der Waals surface area contributed by atoms with Crippen molar-refractivity contribution >= 4 is 29.7 Å². The van der Waals surface area contributed by atoms with Crippen LogP contribution in [0.2, 0.25) is 0 Å². The maximum absolute atomic E-state index is 12.3. The van der Waals surface area contributed by atoms with Gasteiger partial charge in [0.05, 0.1) is 4.88 Å². The summed E-state index contributed by atoms with van der Waals surface area (Å²) in [4.78, 5) is 16.4. The Kier molecular flexibility index (Phi) is 5.63. The van der Waals surface area contributed by atoms with Crippen LogP contribution in [0.25, 0.3) is 0 Å². The first-order valence-corrected chi connectivity index (χ1v) is 6.94.